The fraction of sp³-hybridized carbons (Fsp3) is 0.500. The molecule has 1 fully saturated rings. The zero-order chi connectivity index (χ0) is 24.0. The minimum atomic E-state index is -3.64. The van der Waals surface area contributed by atoms with Crippen molar-refractivity contribution >= 4 is 21.8 Å². The molecule has 8 nitrogen and oxygen atoms in total. The van der Waals surface area contributed by atoms with Crippen LogP contribution in [0.3, 0.4) is 0 Å². The van der Waals surface area contributed by atoms with Crippen LogP contribution in [-0.2, 0) is 38.9 Å². The lowest BCUT2D eigenvalue weighted by molar-refractivity contribution is -0.137. The second-order valence-electron chi connectivity index (χ2n) is 9.58. The van der Waals surface area contributed by atoms with Crippen molar-refractivity contribution in [1.29, 1.82) is 0 Å². The summed E-state index contributed by atoms with van der Waals surface area (Å²) in [6, 6.07) is 6.03. The summed E-state index contributed by atoms with van der Waals surface area (Å²) in [6.07, 6.45) is 2.34. The number of rotatable bonds is 6. The van der Waals surface area contributed by atoms with E-state index in [2.05, 4.69) is 13.8 Å². The van der Waals surface area contributed by atoms with Gasteiger partial charge in [-0.25, -0.2) is 8.42 Å². The van der Waals surface area contributed by atoms with Crippen molar-refractivity contribution in [1.82, 2.24) is 8.87 Å². The van der Waals surface area contributed by atoms with Gasteiger partial charge in [-0.15, -0.1) is 0 Å². The van der Waals surface area contributed by atoms with Gasteiger partial charge in [-0.3, -0.25) is 9.59 Å². The number of hydrogen-bond donors (Lipinski definition) is 1. The summed E-state index contributed by atoms with van der Waals surface area (Å²) in [6.45, 7) is 7.26. The molecule has 1 aliphatic carbocycles. The maximum Gasteiger partial charge on any atom is 0.323 e. The Bertz CT molecular complexity index is 1190. The van der Waals surface area contributed by atoms with Gasteiger partial charge in [0.1, 0.15) is 6.54 Å². The molecule has 2 aliphatic rings. The zero-order valence-corrected chi connectivity index (χ0v) is 20.1. The molecule has 0 spiro atoms. The van der Waals surface area contributed by atoms with Crippen LogP contribution in [0.1, 0.15) is 53.1 Å². The number of aromatic nitrogens is 1. The first-order valence-corrected chi connectivity index (χ1v) is 12.6. The number of ether oxygens (including phenoxy) is 1. The van der Waals surface area contributed by atoms with E-state index in [-0.39, 0.29) is 22.6 Å². The number of aliphatic carboxylic acids is 1. The van der Waals surface area contributed by atoms with Gasteiger partial charge in [-0.1, -0.05) is 13.8 Å². The van der Waals surface area contributed by atoms with E-state index in [0.29, 0.717) is 49.5 Å². The maximum atomic E-state index is 13.6. The number of carbonyl (C=O) groups is 2. The van der Waals surface area contributed by atoms with Crippen LogP contribution < -0.4 is 0 Å². The van der Waals surface area contributed by atoms with Crippen LogP contribution in [0, 0.1) is 12.3 Å². The molecule has 1 saturated heterocycles. The fourth-order valence-corrected chi connectivity index (χ4v) is 6.28. The highest BCUT2D eigenvalue weighted by atomic mass is 32.2. The summed E-state index contributed by atoms with van der Waals surface area (Å²) < 4.78 is 34.2. The van der Waals surface area contributed by atoms with Crippen molar-refractivity contribution in [3.8, 4) is 0 Å². The molecule has 1 aromatic carbocycles. The highest BCUT2D eigenvalue weighted by molar-refractivity contribution is 7.89. The monoisotopic (exact) mass is 474 g/mol. The number of morpholine rings is 1. The van der Waals surface area contributed by atoms with E-state index in [1.165, 1.54) is 16.4 Å². The maximum absolute atomic E-state index is 13.6. The van der Waals surface area contributed by atoms with Crippen molar-refractivity contribution in [2.75, 3.05) is 26.3 Å². The van der Waals surface area contributed by atoms with E-state index in [1.54, 1.807) is 23.6 Å². The van der Waals surface area contributed by atoms with Crippen molar-refractivity contribution in [2.45, 2.75) is 51.5 Å². The summed E-state index contributed by atoms with van der Waals surface area (Å²) in [7, 11) is -3.64. The number of fused-ring (bicyclic) bond motifs is 1. The number of ketones is 1. The number of carbonyl (C=O) groups excluding carboxylic acids is 1. The molecule has 2 heterocycles. The molecule has 0 amide bonds. The second kappa shape index (κ2) is 8.70. The van der Waals surface area contributed by atoms with Crippen LogP contribution in [0.4, 0.5) is 0 Å². The molecule has 2 aromatic rings. The lowest BCUT2D eigenvalue weighted by Gasteiger charge is -2.30. The minimum Gasteiger partial charge on any atom is -0.480 e. The predicted molar refractivity (Wildman–Crippen MR) is 122 cm³/mol. The number of nitrogens with zero attached hydrogens (tertiary/aromatic N) is 2. The predicted octanol–water partition coefficient (Wildman–Crippen LogP) is 2.65. The van der Waals surface area contributed by atoms with Crippen molar-refractivity contribution in [2.24, 2.45) is 5.41 Å². The van der Waals surface area contributed by atoms with Gasteiger partial charge in [0, 0.05) is 35.6 Å². The molecular formula is C24H30N2O6S. The number of benzene rings is 1. The van der Waals surface area contributed by atoms with E-state index in [9.17, 15) is 23.1 Å². The molecule has 1 aliphatic heterocycles. The fourth-order valence-electron chi connectivity index (χ4n) is 4.87. The topological polar surface area (TPSA) is 106 Å². The summed E-state index contributed by atoms with van der Waals surface area (Å²) in [5.41, 5.74) is 3.43. The van der Waals surface area contributed by atoms with Crippen LogP contribution >= 0.6 is 0 Å². The van der Waals surface area contributed by atoms with Gasteiger partial charge >= 0.3 is 5.97 Å². The van der Waals surface area contributed by atoms with Crippen LogP contribution in [-0.4, -0.2) is 60.5 Å². The van der Waals surface area contributed by atoms with Gasteiger partial charge in [0.05, 0.1) is 18.1 Å². The van der Waals surface area contributed by atoms with E-state index in [1.807, 2.05) is 0 Å². The normalized spacial score (nSPS) is 18.6. The Kier molecular flexibility index (Phi) is 6.24. The van der Waals surface area contributed by atoms with E-state index >= 15 is 0 Å². The molecular weight excluding hydrogens is 444 g/mol. The largest absolute Gasteiger partial charge is 0.480 e. The van der Waals surface area contributed by atoms with Crippen LogP contribution in [0.2, 0.25) is 0 Å². The van der Waals surface area contributed by atoms with Gasteiger partial charge < -0.3 is 14.4 Å². The molecule has 0 radical (unpaired) electrons. The lowest BCUT2D eigenvalue weighted by Crippen LogP contribution is -2.40. The first-order valence-electron chi connectivity index (χ1n) is 11.2. The smallest absolute Gasteiger partial charge is 0.323 e. The first kappa shape index (κ1) is 23.7. The Balaban J connectivity index is 1.70. The van der Waals surface area contributed by atoms with Gasteiger partial charge in [0.25, 0.3) is 0 Å². The molecule has 0 unspecified atom stereocenters. The third-order valence-electron chi connectivity index (χ3n) is 6.68. The van der Waals surface area contributed by atoms with Crippen LogP contribution in [0.5, 0.6) is 0 Å². The molecule has 1 aromatic heterocycles. The number of carboxylic acids is 1. The highest BCUT2D eigenvalue weighted by Gasteiger charge is 2.34. The molecule has 33 heavy (non-hydrogen) atoms. The van der Waals surface area contributed by atoms with Gasteiger partial charge in [0.2, 0.25) is 10.0 Å². The lowest BCUT2D eigenvalue weighted by atomic mass is 9.75. The number of sulfonamides is 1. The molecule has 1 N–H and O–H groups in total. The summed E-state index contributed by atoms with van der Waals surface area (Å²) in [5.74, 6) is -1.15. The van der Waals surface area contributed by atoms with Crippen LogP contribution in [0.15, 0.2) is 29.2 Å². The average Bonchev–Trinajstić information content (AvgIpc) is 3.03. The van der Waals surface area contributed by atoms with Crippen molar-refractivity contribution in [3.05, 3.63) is 52.3 Å². The molecule has 4 rings (SSSR count). The Hall–Kier alpha value is -2.49. The summed E-state index contributed by atoms with van der Waals surface area (Å²) in [4.78, 5) is 25.2. The van der Waals surface area contributed by atoms with Crippen molar-refractivity contribution in [3.63, 3.8) is 0 Å². The van der Waals surface area contributed by atoms with E-state index in [4.69, 9.17) is 4.74 Å². The standard InChI is InChI=1S/C24H30N2O6S/c1-16-22(19-14-24(2,3)9-8-20(19)26(16)15-21(27)28)23(29)17-4-6-18(7-5-17)33(30,31)25-10-12-32-13-11-25/h4-7H,8-15H2,1-3H3,(H,27,28). The Morgan fingerprint density at radius 1 is 1.12 bits per heavy atom. The van der Waals surface area contributed by atoms with E-state index < -0.39 is 16.0 Å². The molecule has 178 valence electrons. The zero-order valence-electron chi connectivity index (χ0n) is 19.3. The van der Waals surface area contributed by atoms with Gasteiger partial charge in [0.15, 0.2) is 5.78 Å². The first-order chi connectivity index (χ1) is 15.5. The van der Waals surface area contributed by atoms with E-state index in [0.717, 1.165) is 24.1 Å². The number of hydrogen-bond acceptors (Lipinski definition) is 5. The Labute approximate surface area is 194 Å². The molecule has 0 bridgehead atoms. The Morgan fingerprint density at radius 3 is 2.36 bits per heavy atom. The SMILES string of the molecule is Cc1c(C(=O)c2ccc(S(=O)(=O)N3CCOCC3)cc2)c2c(n1CC(=O)O)CCC(C)(C)C2. The molecule has 0 saturated carbocycles. The highest BCUT2D eigenvalue weighted by Crippen LogP contribution is 2.39. The second-order valence-corrected chi connectivity index (χ2v) is 11.5. The third-order valence-corrected chi connectivity index (χ3v) is 8.59. The summed E-state index contributed by atoms with van der Waals surface area (Å²) >= 11 is 0. The molecule has 0 atom stereocenters. The number of carboxylic acid groups (broad SMARTS) is 1. The third kappa shape index (κ3) is 4.49. The quantitative estimate of drug-likeness (QED) is 0.645. The minimum absolute atomic E-state index is 0.0139. The van der Waals surface area contributed by atoms with Crippen molar-refractivity contribution < 1.29 is 27.9 Å². The van der Waals surface area contributed by atoms with Crippen LogP contribution in [0.25, 0.3) is 0 Å². The van der Waals surface area contributed by atoms with Gasteiger partial charge in [-0.05, 0) is 61.4 Å². The Morgan fingerprint density at radius 2 is 1.76 bits per heavy atom. The van der Waals surface area contributed by atoms with Gasteiger partial charge in [-0.2, -0.15) is 4.31 Å². The average molecular weight is 475 g/mol. The summed E-state index contributed by atoms with van der Waals surface area (Å²) in [5, 5.41) is 9.40. The molecule has 9 heteroatoms.